The molecule has 1 aliphatic rings. The summed E-state index contributed by atoms with van der Waals surface area (Å²) in [6.07, 6.45) is 1.41. The normalized spacial score (nSPS) is 28.8. The van der Waals surface area contributed by atoms with Crippen molar-refractivity contribution in [1.82, 2.24) is 5.32 Å². The van der Waals surface area contributed by atoms with Crippen LogP contribution in [0.3, 0.4) is 0 Å². The molecule has 11 heavy (non-hydrogen) atoms. The number of carbonyl (C=O) groups excluding carboxylic acids is 2. The second-order valence-corrected chi connectivity index (χ2v) is 2.97. The van der Waals surface area contributed by atoms with Crippen LogP contribution in [0.15, 0.2) is 0 Å². The summed E-state index contributed by atoms with van der Waals surface area (Å²) in [5, 5.41) is 2.72. The van der Waals surface area contributed by atoms with Crippen LogP contribution in [-0.2, 0) is 9.59 Å². The van der Waals surface area contributed by atoms with Gasteiger partial charge in [0, 0.05) is 18.9 Å². The number of nitrogens with one attached hydrogen (secondary N) is 1. The number of hydrogen-bond acceptors (Lipinski definition) is 2. The molecule has 0 aromatic carbocycles. The molecule has 0 unspecified atom stereocenters. The summed E-state index contributed by atoms with van der Waals surface area (Å²) in [7, 11) is 0. The third kappa shape index (κ3) is 1.93. The van der Waals surface area contributed by atoms with Crippen molar-refractivity contribution >= 4 is 11.8 Å². The summed E-state index contributed by atoms with van der Waals surface area (Å²) in [6.45, 7) is 1.47. The molecule has 0 aromatic rings. The van der Waals surface area contributed by atoms with Gasteiger partial charge in [-0.3, -0.25) is 9.59 Å². The van der Waals surface area contributed by atoms with Crippen molar-refractivity contribution in [2.45, 2.75) is 25.8 Å². The van der Waals surface area contributed by atoms with Crippen LogP contribution in [0.4, 0.5) is 0 Å². The van der Waals surface area contributed by atoms with Crippen molar-refractivity contribution in [2.24, 2.45) is 11.7 Å². The van der Waals surface area contributed by atoms with Gasteiger partial charge in [0.05, 0.1) is 0 Å². The second-order valence-electron chi connectivity index (χ2n) is 2.97. The van der Waals surface area contributed by atoms with Gasteiger partial charge in [0.15, 0.2) is 0 Å². The maximum absolute atomic E-state index is 10.5. The van der Waals surface area contributed by atoms with E-state index in [-0.39, 0.29) is 23.8 Å². The van der Waals surface area contributed by atoms with Crippen molar-refractivity contribution in [3.05, 3.63) is 0 Å². The summed E-state index contributed by atoms with van der Waals surface area (Å²) in [5.74, 6) is -0.323. The van der Waals surface area contributed by atoms with E-state index >= 15 is 0 Å². The van der Waals surface area contributed by atoms with Gasteiger partial charge in [-0.15, -0.1) is 0 Å². The van der Waals surface area contributed by atoms with E-state index in [4.69, 9.17) is 5.73 Å². The highest BCUT2D eigenvalue weighted by molar-refractivity contribution is 5.78. The first kappa shape index (κ1) is 8.04. The fourth-order valence-corrected chi connectivity index (χ4v) is 1.26. The Bertz CT molecular complexity index is 185. The smallest absolute Gasteiger partial charge is 0.220 e. The minimum absolute atomic E-state index is 0.0214. The summed E-state index contributed by atoms with van der Waals surface area (Å²) < 4.78 is 0. The summed E-state index contributed by atoms with van der Waals surface area (Å²) in [5.41, 5.74) is 5.04. The fourth-order valence-electron chi connectivity index (χ4n) is 1.26. The number of amides is 2. The molecule has 4 heteroatoms. The van der Waals surface area contributed by atoms with Crippen LogP contribution in [0.25, 0.3) is 0 Å². The van der Waals surface area contributed by atoms with Gasteiger partial charge in [-0.1, -0.05) is 0 Å². The Hall–Kier alpha value is -1.06. The lowest BCUT2D eigenvalue weighted by Crippen LogP contribution is -2.47. The minimum Gasteiger partial charge on any atom is -0.369 e. The van der Waals surface area contributed by atoms with Gasteiger partial charge < -0.3 is 11.1 Å². The zero-order valence-electron chi connectivity index (χ0n) is 6.46. The molecule has 3 N–H and O–H groups in total. The van der Waals surface area contributed by atoms with Crippen molar-refractivity contribution in [3.8, 4) is 0 Å². The van der Waals surface area contributed by atoms with Gasteiger partial charge in [0.2, 0.25) is 11.8 Å². The Labute approximate surface area is 65.1 Å². The average Bonchev–Trinajstić information content (AvgIpc) is 1.75. The average molecular weight is 156 g/mol. The molecular formula is C7H12N2O2. The molecule has 1 fully saturated rings. The zero-order chi connectivity index (χ0) is 8.43. The van der Waals surface area contributed by atoms with Crippen molar-refractivity contribution in [3.63, 3.8) is 0 Å². The van der Waals surface area contributed by atoms with E-state index < -0.39 is 0 Å². The summed E-state index contributed by atoms with van der Waals surface area (Å²) in [4.78, 5) is 21.0. The van der Waals surface area contributed by atoms with Crippen LogP contribution < -0.4 is 11.1 Å². The summed E-state index contributed by atoms with van der Waals surface area (Å²) >= 11 is 0. The predicted octanol–water partition coefficient (Wildman–Crippen LogP) is -0.614. The molecule has 4 nitrogen and oxygen atoms in total. The number of carbonyl (C=O) groups is 2. The van der Waals surface area contributed by atoms with E-state index in [2.05, 4.69) is 5.32 Å². The molecule has 1 saturated carbocycles. The SMILES string of the molecule is CC(=O)NC1CC(C(N)=O)C1. The highest BCUT2D eigenvalue weighted by atomic mass is 16.2. The topological polar surface area (TPSA) is 72.2 Å². The van der Waals surface area contributed by atoms with E-state index in [0.29, 0.717) is 12.8 Å². The van der Waals surface area contributed by atoms with E-state index in [0.717, 1.165) is 0 Å². The first-order valence-corrected chi connectivity index (χ1v) is 3.66. The summed E-state index contributed by atoms with van der Waals surface area (Å²) in [6, 6.07) is 0.171. The highest BCUT2D eigenvalue weighted by Crippen LogP contribution is 2.26. The van der Waals surface area contributed by atoms with Crippen LogP contribution in [0.1, 0.15) is 19.8 Å². The van der Waals surface area contributed by atoms with E-state index in [1.54, 1.807) is 0 Å². The lowest BCUT2D eigenvalue weighted by atomic mass is 9.80. The van der Waals surface area contributed by atoms with Crippen LogP contribution in [0, 0.1) is 5.92 Å². The Balaban J connectivity index is 2.19. The van der Waals surface area contributed by atoms with Crippen molar-refractivity contribution in [1.29, 1.82) is 0 Å². The fraction of sp³-hybridized carbons (Fsp3) is 0.714. The standard InChI is InChI=1S/C7H12N2O2/c1-4(10)9-6-2-5(3-6)7(8)11/h5-6H,2-3H2,1H3,(H2,8,11)(H,9,10). The molecule has 0 spiro atoms. The van der Waals surface area contributed by atoms with Crippen molar-refractivity contribution in [2.75, 3.05) is 0 Å². The molecule has 0 heterocycles. The maximum atomic E-state index is 10.5. The molecule has 0 aromatic heterocycles. The molecule has 0 saturated heterocycles. The van der Waals surface area contributed by atoms with E-state index in [1.807, 2.05) is 0 Å². The van der Waals surface area contributed by atoms with Gasteiger partial charge in [0.1, 0.15) is 0 Å². The van der Waals surface area contributed by atoms with Crippen LogP contribution >= 0.6 is 0 Å². The molecule has 1 aliphatic carbocycles. The highest BCUT2D eigenvalue weighted by Gasteiger charge is 2.33. The Morgan fingerprint density at radius 1 is 1.45 bits per heavy atom. The van der Waals surface area contributed by atoms with Gasteiger partial charge >= 0.3 is 0 Å². The quantitative estimate of drug-likeness (QED) is 0.559. The predicted molar refractivity (Wildman–Crippen MR) is 39.5 cm³/mol. The first-order chi connectivity index (χ1) is 5.09. The number of primary amides is 1. The number of hydrogen-bond donors (Lipinski definition) is 2. The largest absolute Gasteiger partial charge is 0.369 e. The van der Waals surface area contributed by atoms with E-state index in [9.17, 15) is 9.59 Å². The zero-order valence-corrected chi connectivity index (χ0v) is 6.46. The Kier molecular flexibility index (Phi) is 2.12. The van der Waals surface area contributed by atoms with E-state index in [1.165, 1.54) is 6.92 Å². The number of rotatable bonds is 2. The molecule has 62 valence electrons. The molecule has 1 rings (SSSR count). The first-order valence-electron chi connectivity index (χ1n) is 3.66. The lowest BCUT2D eigenvalue weighted by molar-refractivity contribution is -0.127. The molecule has 0 bridgehead atoms. The molecule has 0 atom stereocenters. The van der Waals surface area contributed by atoms with Crippen LogP contribution in [-0.4, -0.2) is 17.9 Å². The van der Waals surface area contributed by atoms with Gasteiger partial charge in [0.25, 0.3) is 0 Å². The molecule has 0 aliphatic heterocycles. The van der Waals surface area contributed by atoms with Crippen LogP contribution in [0.2, 0.25) is 0 Å². The van der Waals surface area contributed by atoms with Gasteiger partial charge in [-0.25, -0.2) is 0 Å². The third-order valence-electron chi connectivity index (χ3n) is 1.95. The van der Waals surface area contributed by atoms with Crippen LogP contribution in [0.5, 0.6) is 0 Å². The number of nitrogens with two attached hydrogens (primary N) is 1. The van der Waals surface area contributed by atoms with Crippen molar-refractivity contribution < 1.29 is 9.59 Å². The molecule has 0 radical (unpaired) electrons. The van der Waals surface area contributed by atoms with Gasteiger partial charge in [-0.05, 0) is 12.8 Å². The Morgan fingerprint density at radius 2 is 2.00 bits per heavy atom. The monoisotopic (exact) mass is 156 g/mol. The van der Waals surface area contributed by atoms with Gasteiger partial charge in [-0.2, -0.15) is 0 Å². The Morgan fingerprint density at radius 3 is 2.36 bits per heavy atom. The second kappa shape index (κ2) is 2.90. The lowest BCUT2D eigenvalue weighted by Gasteiger charge is -2.33. The minimum atomic E-state index is -0.258. The molecular weight excluding hydrogens is 144 g/mol. The third-order valence-corrected chi connectivity index (χ3v) is 1.95. The molecule has 2 amide bonds. The maximum Gasteiger partial charge on any atom is 0.220 e.